The minimum atomic E-state index is 0.0943. The Labute approximate surface area is 114 Å². The van der Waals surface area contributed by atoms with Crippen LogP contribution < -0.4 is 0 Å². The second-order valence-corrected chi connectivity index (χ2v) is 5.59. The maximum Gasteiger partial charge on any atom is 0.0864 e. The van der Waals surface area contributed by atoms with Crippen molar-refractivity contribution in [3.05, 3.63) is 33.3 Å². The van der Waals surface area contributed by atoms with E-state index >= 15 is 0 Å². The first-order chi connectivity index (χ1) is 7.72. The van der Waals surface area contributed by atoms with E-state index in [0.717, 1.165) is 34.5 Å². The molecule has 0 amide bonds. The summed E-state index contributed by atoms with van der Waals surface area (Å²) in [6.45, 7) is 0.811. The second kappa shape index (κ2) is 5.72. The number of benzene rings is 1. The van der Waals surface area contributed by atoms with E-state index in [0.29, 0.717) is 11.8 Å². The number of rotatable bonds is 2. The van der Waals surface area contributed by atoms with Gasteiger partial charge in [0.25, 0.3) is 0 Å². The number of alkyl halides is 1. The van der Waals surface area contributed by atoms with Gasteiger partial charge in [-0.05, 0) is 46.5 Å². The SMILES string of the molecule is ClCC1CCCOC1c1ccc(Br)c(Cl)c1. The zero-order chi connectivity index (χ0) is 11.5. The molecule has 88 valence electrons. The van der Waals surface area contributed by atoms with Crippen LogP contribution in [-0.2, 0) is 4.74 Å². The van der Waals surface area contributed by atoms with E-state index in [1.54, 1.807) is 0 Å². The third kappa shape index (κ3) is 2.73. The van der Waals surface area contributed by atoms with Crippen molar-refractivity contribution < 1.29 is 4.74 Å². The molecular formula is C12H13BrCl2O. The lowest BCUT2D eigenvalue weighted by Gasteiger charge is -2.30. The van der Waals surface area contributed by atoms with Crippen LogP contribution in [0.25, 0.3) is 0 Å². The predicted molar refractivity (Wildman–Crippen MR) is 71.3 cm³/mol. The highest BCUT2D eigenvalue weighted by molar-refractivity contribution is 9.10. The summed E-state index contributed by atoms with van der Waals surface area (Å²) in [5, 5.41) is 0.722. The molecule has 2 unspecified atom stereocenters. The summed E-state index contributed by atoms with van der Waals surface area (Å²) >= 11 is 15.4. The van der Waals surface area contributed by atoms with E-state index in [1.807, 2.05) is 18.2 Å². The average Bonchev–Trinajstić information content (AvgIpc) is 2.32. The highest BCUT2D eigenvalue weighted by Gasteiger charge is 2.26. The van der Waals surface area contributed by atoms with Gasteiger partial charge in [-0.2, -0.15) is 0 Å². The minimum Gasteiger partial charge on any atom is -0.373 e. The van der Waals surface area contributed by atoms with E-state index in [9.17, 15) is 0 Å². The van der Waals surface area contributed by atoms with E-state index in [1.165, 1.54) is 0 Å². The normalized spacial score (nSPS) is 25.7. The molecule has 0 aliphatic carbocycles. The van der Waals surface area contributed by atoms with Crippen LogP contribution in [0.15, 0.2) is 22.7 Å². The van der Waals surface area contributed by atoms with Crippen LogP contribution in [0.2, 0.25) is 5.02 Å². The van der Waals surface area contributed by atoms with Gasteiger partial charge in [-0.25, -0.2) is 0 Å². The van der Waals surface area contributed by atoms with Crippen LogP contribution in [0.5, 0.6) is 0 Å². The Balaban J connectivity index is 2.23. The molecule has 0 spiro atoms. The summed E-state index contributed by atoms with van der Waals surface area (Å²) in [5.41, 5.74) is 1.12. The lowest BCUT2D eigenvalue weighted by atomic mass is 9.91. The average molecular weight is 324 g/mol. The zero-order valence-electron chi connectivity index (χ0n) is 8.76. The number of hydrogen-bond acceptors (Lipinski definition) is 1. The Bertz CT molecular complexity index is 370. The summed E-state index contributed by atoms with van der Waals surface area (Å²) in [4.78, 5) is 0. The fraction of sp³-hybridized carbons (Fsp3) is 0.500. The first kappa shape index (κ1) is 12.7. The molecule has 2 atom stereocenters. The molecule has 4 heteroatoms. The van der Waals surface area contributed by atoms with Crippen molar-refractivity contribution >= 4 is 39.1 Å². The second-order valence-electron chi connectivity index (χ2n) is 4.02. The summed E-state index contributed by atoms with van der Waals surface area (Å²) in [7, 11) is 0. The van der Waals surface area contributed by atoms with Crippen molar-refractivity contribution in [1.82, 2.24) is 0 Å². The molecule has 16 heavy (non-hydrogen) atoms. The van der Waals surface area contributed by atoms with Gasteiger partial charge in [0.05, 0.1) is 11.1 Å². The number of halogens is 3. The summed E-state index contributed by atoms with van der Waals surface area (Å²) in [6.07, 6.45) is 2.32. The van der Waals surface area contributed by atoms with Crippen molar-refractivity contribution in [2.24, 2.45) is 5.92 Å². The van der Waals surface area contributed by atoms with Gasteiger partial charge in [0.1, 0.15) is 0 Å². The predicted octanol–water partition coefficient (Wildman–Crippen LogP) is 4.81. The lowest BCUT2D eigenvalue weighted by Crippen LogP contribution is -2.23. The molecule has 0 saturated carbocycles. The van der Waals surface area contributed by atoms with Gasteiger partial charge in [0.15, 0.2) is 0 Å². The Kier molecular flexibility index (Phi) is 4.54. The Morgan fingerprint density at radius 1 is 1.44 bits per heavy atom. The van der Waals surface area contributed by atoms with E-state index in [2.05, 4.69) is 15.9 Å². The first-order valence-corrected chi connectivity index (χ1v) is 7.05. The van der Waals surface area contributed by atoms with E-state index in [4.69, 9.17) is 27.9 Å². The number of ether oxygens (including phenoxy) is 1. The van der Waals surface area contributed by atoms with Crippen molar-refractivity contribution in [1.29, 1.82) is 0 Å². The standard InChI is InChI=1S/C12H13BrCl2O/c13-10-4-3-8(6-11(10)15)12-9(7-14)2-1-5-16-12/h3-4,6,9,12H,1-2,5,7H2. The van der Waals surface area contributed by atoms with Gasteiger partial charge in [-0.1, -0.05) is 17.7 Å². The van der Waals surface area contributed by atoms with Gasteiger partial charge in [0.2, 0.25) is 0 Å². The largest absolute Gasteiger partial charge is 0.373 e. The summed E-state index contributed by atoms with van der Waals surface area (Å²) < 4.78 is 6.72. The van der Waals surface area contributed by atoms with Crippen LogP contribution in [0, 0.1) is 5.92 Å². The van der Waals surface area contributed by atoms with Crippen molar-refractivity contribution in [2.45, 2.75) is 18.9 Å². The van der Waals surface area contributed by atoms with Gasteiger partial charge in [-0.3, -0.25) is 0 Å². The van der Waals surface area contributed by atoms with Crippen molar-refractivity contribution in [2.75, 3.05) is 12.5 Å². The maximum absolute atomic E-state index is 6.09. The third-order valence-corrected chi connectivity index (χ3v) is 4.54. The Morgan fingerprint density at radius 2 is 2.25 bits per heavy atom. The molecule has 1 aromatic rings. The van der Waals surface area contributed by atoms with Crippen molar-refractivity contribution in [3.8, 4) is 0 Å². The molecule has 2 rings (SSSR count). The van der Waals surface area contributed by atoms with Crippen LogP contribution in [-0.4, -0.2) is 12.5 Å². The maximum atomic E-state index is 6.09. The molecule has 1 aliphatic rings. The molecule has 1 fully saturated rings. The number of hydrogen-bond donors (Lipinski definition) is 0. The van der Waals surface area contributed by atoms with Crippen LogP contribution in [0.1, 0.15) is 24.5 Å². The van der Waals surface area contributed by atoms with Gasteiger partial charge in [0, 0.05) is 22.9 Å². The van der Waals surface area contributed by atoms with Crippen molar-refractivity contribution in [3.63, 3.8) is 0 Å². The fourth-order valence-electron chi connectivity index (χ4n) is 2.06. The van der Waals surface area contributed by atoms with Crippen LogP contribution in [0.4, 0.5) is 0 Å². The monoisotopic (exact) mass is 322 g/mol. The summed E-state index contributed by atoms with van der Waals surface area (Å²) in [5.74, 6) is 1.03. The molecule has 1 aromatic carbocycles. The summed E-state index contributed by atoms with van der Waals surface area (Å²) in [6, 6.07) is 5.97. The van der Waals surface area contributed by atoms with Gasteiger partial charge >= 0.3 is 0 Å². The van der Waals surface area contributed by atoms with Gasteiger partial charge < -0.3 is 4.74 Å². The molecule has 1 aliphatic heterocycles. The zero-order valence-corrected chi connectivity index (χ0v) is 11.9. The molecule has 1 nitrogen and oxygen atoms in total. The topological polar surface area (TPSA) is 9.23 Å². The van der Waals surface area contributed by atoms with Crippen LogP contribution >= 0.6 is 39.1 Å². The molecule has 1 saturated heterocycles. The molecular weight excluding hydrogens is 311 g/mol. The fourth-order valence-corrected chi connectivity index (χ4v) is 2.81. The molecule has 0 bridgehead atoms. The Morgan fingerprint density at radius 3 is 2.94 bits per heavy atom. The quantitative estimate of drug-likeness (QED) is 0.710. The van der Waals surface area contributed by atoms with E-state index in [-0.39, 0.29) is 6.10 Å². The Hall–Kier alpha value is 0.240. The molecule has 0 N–H and O–H groups in total. The lowest BCUT2D eigenvalue weighted by molar-refractivity contribution is -0.0208. The third-order valence-electron chi connectivity index (χ3n) is 2.92. The highest BCUT2D eigenvalue weighted by atomic mass is 79.9. The highest BCUT2D eigenvalue weighted by Crippen LogP contribution is 2.36. The molecule has 0 aromatic heterocycles. The van der Waals surface area contributed by atoms with E-state index < -0.39 is 0 Å². The van der Waals surface area contributed by atoms with Crippen LogP contribution in [0.3, 0.4) is 0 Å². The van der Waals surface area contributed by atoms with Gasteiger partial charge in [-0.15, -0.1) is 11.6 Å². The first-order valence-electron chi connectivity index (χ1n) is 5.35. The minimum absolute atomic E-state index is 0.0943. The molecule has 0 radical (unpaired) electrons. The molecule has 1 heterocycles. The smallest absolute Gasteiger partial charge is 0.0864 e.